The molecule has 1 nitrogen and oxygen atoms in total. The van der Waals surface area contributed by atoms with Gasteiger partial charge in [-0.1, -0.05) is 76.6 Å². The zero-order valence-electron chi connectivity index (χ0n) is 19.5. The van der Waals surface area contributed by atoms with Gasteiger partial charge in [-0.05, 0) is 79.3 Å². The van der Waals surface area contributed by atoms with Crippen molar-refractivity contribution in [1.82, 2.24) is 0 Å². The summed E-state index contributed by atoms with van der Waals surface area (Å²) in [5, 5.41) is 0. The van der Waals surface area contributed by atoms with E-state index in [0.29, 0.717) is 0 Å². The summed E-state index contributed by atoms with van der Waals surface area (Å²) in [5.41, 5.74) is 8.56. The van der Waals surface area contributed by atoms with Gasteiger partial charge in [0.05, 0.1) is 0 Å². The van der Waals surface area contributed by atoms with Crippen LogP contribution >= 0.6 is 0 Å². The van der Waals surface area contributed by atoms with E-state index in [2.05, 4.69) is 79.3 Å². The zero-order chi connectivity index (χ0) is 21.8. The maximum Gasteiger partial charge on any atom is 0.150 e. The predicted molar refractivity (Wildman–Crippen MR) is 126 cm³/mol. The molecule has 0 saturated carbocycles. The summed E-state index contributed by atoms with van der Waals surface area (Å²) in [6, 6.07) is 13.3. The Bertz CT molecular complexity index is 881. The lowest BCUT2D eigenvalue weighted by Gasteiger charge is -2.36. The molecule has 0 radical (unpaired) electrons. The van der Waals surface area contributed by atoms with E-state index in [4.69, 9.17) is 0 Å². The quantitative estimate of drug-likeness (QED) is 0.316. The molecule has 0 aliphatic carbocycles. The topological polar surface area (TPSA) is 17.1 Å². The molecule has 2 rings (SSSR count). The zero-order valence-corrected chi connectivity index (χ0v) is 19.5. The molecule has 0 aromatic heterocycles. The standard InChI is InChI=1S/C28H38O/c1-9-27(7,8)25-12-13-26(28(10-2,11-3)20(4)5)24(18-25)17-22-14-21(6)15-23(16-22)19-29/h12-16,18-19H,4,9-11,17H2,1-3,5-8H3. The molecule has 2 aromatic carbocycles. The molecule has 0 aliphatic heterocycles. The van der Waals surface area contributed by atoms with Gasteiger partial charge in [-0.15, -0.1) is 0 Å². The van der Waals surface area contributed by atoms with Gasteiger partial charge in [0.25, 0.3) is 0 Å². The number of carbonyl (C=O) groups is 1. The highest BCUT2D eigenvalue weighted by Gasteiger charge is 2.32. The average molecular weight is 391 g/mol. The fourth-order valence-electron chi connectivity index (χ4n) is 4.58. The number of aldehydes is 1. The molecule has 0 heterocycles. The molecule has 0 N–H and O–H groups in total. The molecular weight excluding hydrogens is 352 g/mol. The molecule has 0 bridgehead atoms. The van der Waals surface area contributed by atoms with Crippen molar-refractivity contribution in [2.45, 2.75) is 85.0 Å². The molecule has 0 amide bonds. The first-order valence-corrected chi connectivity index (χ1v) is 11.0. The molecule has 0 aliphatic rings. The first-order valence-electron chi connectivity index (χ1n) is 11.0. The van der Waals surface area contributed by atoms with Crippen molar-refractivity contribution in [1.29, 1.82) is 0 Å². The van der Waals surface area contributed by atoms with E-state index < -0.39 is 0 Å². The largest absolute Gasteiger partial charge is 0.298 e. The van der Waals surface area contributed by atoms with Crippen molar-refractivity contribution in [3.63, 3.8) is 0 Å². The molecule has 29 heavy (non-hydrogen) atoms. The van der Waals surface area contributed by atoms with Crippen LogP contribution in [0.1, 0.15) is 99.0 Å². The molecule has 0 unspecified atom stereocenters. The predicted octanol–water partition coefficient (Wildman–Crippen LogP) is 7.72. The lowest BCUT2D eigenvalue weighted by Crippen LogP contribution is -2.28. The summed E-state index contributed by atoms with van der Waals surface area (Å²) in [5.74, 6) is 0. The summed E-state index contributed by atoms with van der Waals surface area (Å²) in [4.78, 5) is 11.4. The van der Waals surface area contributed by atoms with E-state index in [1.54, 1.807) is 0 Å². The molecule has 0 fully saturated rings. The lowest BCUT2D eigenvalue weighted by atomic mass is 9.68. The van der Waals surface area contributed by atoms with Crippen LogP contribution in [0.5, 0.6) is 0 Å². The maximum absolute atomic E-state index is 11.4. The van der Waals surface area contributed by atoms with Crippen molar-refractivity contribution in [3.8, 4) is 0 Å². The minimum absolute atomic E-state index is 0.0124. The van der Waals surface area contributed by atoms with Crippen LogP contribution in [0.15, 0.2) is 48.6 Å². The first-order chi connectivity index (χ1) is 13.6. The Morgan fingerprint density at radius 1 is 1.00 bits per heavy atom. The monoisotopic (exact) mass is 390 g/mol. The fourth-order valence-corrected chi connectivity index (χ4v) is 4.58. The van der Waals surface area contributed by atoms with Gasteiger partial charge in [-0.2, -0.15) is 0 Å². The Morgan fingerprint density at radius 3 is 2.17 bits per heavy atom. The number of allylic oxidation sites excluding steroid dienone is 1. The Kier molecular flexibility index (Phi) is 7.27. The Hall–Kier alpha value is -2.15. The number of hydrogen-bond acceptors (Lipinski definition) is 1. The molecule has 0 saturated heterocycles. The van der Waals surface area contributed by atoms with Crippen LogP contribution in [0.2, 0.25) is 0 Å². The summed E-state index contributed by atoms with van der Waals surface area (Å²) in [6.45, 7) is 20.0. The number of aryl methyl sites for hydroxylation is 1. The van der Waals surface area contributed by atoms with Gasteiger partial charge in [0, 0.05) is 11.0 Å². The second kappa shape index (κ2) is 9.11. The maximum atomic E-state index is 11.4. The highest BCUT2D eigenvalue weighted by molar-refractivity contribution is 5.75. The van der Waals surface area contributed by atoms with Crippen LogP contribution in [-0.4, -0.2) is 6.29 Å². The molecule has 0 spiro atoms. The first kappa shape index (κ1) is 23.1. The van der Waals surface area contributed by atoms with Crippen LogP contribution < -0.4 is 0 Å². The van der Waals surface area contributed by atoms with Gasteiger partial charge < -0.3 is 0 Å². The third-order valence-corrected chi connectivity index (χ3v) is 7.00. The molecular formula is C28H38O. The van der Waals surface area contributed by atoms with E-state index in [-0.39, 0.29) is 10.8 Å². The Labute approximate surface area is 178 Å². The minimum Gasteiger partial charge on any atom is -0.298 e. The second-order valence-corrected chi connectivity index (χ2v) is 9.23. The highest BCUT2D eigenvalue weighted by Crippen LogP contribution is 2.42. The van der Waals surface area contributed by atoms with Gasteiger partial charge in [-0.25, -0.2) is 0 Å². The van der Waals surface area contributed by atoms with E-state index >= 15 is 0 Å². The van der Waals surface area contributed by atoms with Crippen LogP contribution in [0, 0.1) is 6.92 Å². The van der Waals surface area contributed by atoms with E-state index in [1.807, 2.05) is 12.1 Å². The van der Waals surface area contributed by atoms with Gasteiger partial charge >= 0.3 is 0 Å². The Balaban J connectivity index is 2.71. The van der Waals surface area contributed by atoms with Crippen molar-refractivity contribution >= 4 is 6.29 Å². The molecule has 1 heteroatoms. The summed E-state index contributed by atoms with van der Waals surface area (Å²) < 4.78 is 0. The van der Waals surface area contributed by atoms with Crippen LogP contribution in [0.25, 0.3) is 0 Å². The summed E-state index contributed by atoms with van der Waals surface area (Å²) in [6.07, 6.45) is 4.95. The van der Waals surface area contributed by atoms with Gasteiger partial charge in [0.15, 0.2) is 0 Å². The van der Waals surface area contributed by atoms with Crippen molar-refractivity contribution in [3.05, 3.63) is 81.9 Å². The SMILES string of the molecule is C=C(C)C(CC)(CC)c1ccc(C(C)(C)CC)cc1Cc1cc(C)cc(C=O)c1. The number of carbonyl (C=O) groups excluding carboxylic acids is 1. The van der Waals surface area contributed by atoms with Crippen LogP contribution in [-0.2, 0) is 17.3 Å². The molecule has 156 valence electrons. The number of hydrogen-bond donors (Lipinski definition) is 0. The van der Waals surface area contributed by atoms with E-state index in [0.717, 1.165) is 43.1 Å². The van der Waals surface area contributed by atoms with Crippen LogP contribution in [0.4, 0.5) is 0 Å². The van der Waals surface area contributed by atoms with Crippen molar-refractivity contribution < 1.29 is 4.79 Å². The summed E-state index contributed by atoms with van der Waals surface area (Å²) >= 11 is 0. The lowest BCUT2D eigenvalue weighted by molar-refractivity contribution is 0.112. The molecule has 2 aromatic rings. The van der Waals surface area contributed by atoms with E-state index in [1.165, 1.54) is 27.8 Å². The van der Waals surface area contributed by atoms with Crippen molar-refractivity contribution in [2.75, 3.05) is 0 Å². The third-order valence-electron chi connectivity index (χ3n) is 7.00. The van der Waals surface area contributed by atoms with E-state index in [9.17, 15) is 4.79 Å². The van der Waals surface area contributed by atoms with Gasteiger partial charge in [-0.3, -0.25) is 4.79 Å². The summed E-state index contributed by atoms with van der Waals surface area (Å²) in [7, 11) is 0. The highest BCUT2D eigenvalue weighted by atomic mass is 16.1. The normalized spacial score (nSPS) is 12.1. The average Bonchev–Trinajstić information content (AvgIpc) is 2.69. The fraction of sp³-hybridized carbons (Fsp3) is 0.464. The second-order valence-electron chi connectivity index (χ2n) is 9.23. The van der Waals surface area contributed by atoms with Gasteiger partial charge in [0.1, 0.15) is 6.29 Å². The van der Waals surface area contributed by atoms with Crippen molar-refractivity contribution in [2.24, 2.45) is 0 Å². The number of benzene rings is 2. The molecule has 0 atom stereocenters. The smallest absolute Gasteiger partial charge is 0.150 e. The number of rotatable bonds is 9. The van der Waals surface area contributed by atoms with Gasteiger partial charge in [0.2, 0.25) is 0 Å². The Morgan fingerprint density at radius 2 is 1.66 bits per heavy atom. The van der Waals surface area contributed by atoms with Crippen LogP contribution in [0.3, 0.4) is 0 Å². The third kappa shape index (κ3) is 4.71. The minimum atomic E-state index is -0.0124.